The first-order chi connectivity index (χ1) is 17.7. The number of nitrogens with one attached hydrogen (secondary N) is 1. The minimum Gasteiger partial charge on any atom is -0.485 e. The number of aromatic nitrogens is 2. The number of ether oxygens (including phenoxy) is 2. The van der Waals surface area contributed by atoms with Crippen LogP contribution in [0.15, 0.2) is 47.3 Å². The number of nitrogens with zero attached hydrogens (tertiary/aromatic N) is 3. The van der Waals surface area contributed by atoms with Gasteiger partial charge in [0.25, 0.3) is 0 Å². The van der Waals surface area contributed by atoms with Crippen molar-refractivity contribution < 1.29 is 9.47 Å². The van der Waals surface area contributed by atoms with Crippen LogP contribution >= 0.6 is 0 Å². The quantitative estimate of drug-likeness (QED) is 0.493. The zero-order chi connectivity index (χ0) is 24.4. The average Bonchev–Trinajstić information content (AvgIpc) is 3.36. The molecule has 6 rings (SSSR count). The predicted molar refractivity (Wildman–Crippen MR) is 142 cm³/mol. The molecular weight excluding hydrogens is 452 g/mol. The van der Waals surface area contributed by atoms with Gasteiger partial charge in [-0.15, -0.1) is 0 Å². The number of hydrogen-bond acceptors (Lipinski definition) is 6. The van der Waals surface area contributed by atoms with E-state index in [4.69, 9.17) is 9.47 Å². The summed E-state index contributed by atoms with van der Waals surface area (Å²) in [5.41, 5.74) is 3.22. The number of benzene rings is 1. The van der Waals surface area contributed by atoms with E-state index >= 15 is 0 Å². The molecule has 2 aliphatic heterocycles. The summed E-state index contributed by atoms with van der Waals surface area (Å²) in [6.45, 7) is 5.96. The number of pyridine rings is 2. The van der Waals surface area contributed by atoms with Crippen LogP contribution in [0.3, 0.4) is 0 Å². The molecule has 1 N–H and O–H groups in total. The minimum absolute atomic E-state index is 0.104. The van der Waals surface area contributed by atoms with Gasteiger partial charge in [0.05, 0.1) is 12.3 Å². The molecule has 7 nitrogen and oxygen atoms in total. The maximum Gasteiger partial charge on any atom is 0.249 e. The Hall–Kier alpha value is -3.06. The number of anilines is 1. The summed E-state index contributed by atoms with van der Waals surface area (Å²) in [4.78, 5) is 23.8. The van der Waals surface area contributed by atoms with E-state index in [9.17, 15) is 4.79 Å². The third kappa shape index (κ3) is 4.94. The zero-order valence-electron chi connectivity index (χ0n) is 21.0. The number of unbranched alkanes of at least 4 members (excludes halogenated alkanes) is 1. The number of aryl methyl sites for hydroxylation is 1. The van der Waals surface area contributed by atoms with Gasteiger partial charge >= 0.3 is 0 Å². The summed E-state index contributed by atoms with van der Waals surface area (Å²) in [5, 5.41) is 0.904. The van der Waals surface area contributed by atoms with Gasteiger partial charge in [-0.1, -0.05) is 12.1 Å². The number of para-hydroxylation sites is 1. The maximum atomic E-state index is 11.5. The van der Waals surface area contributed by atoms with Gasteiger partial charge < -0.3 is 19.4 Å². The van der Waals surface area contributed by atoms with Gasteiger partial charge in [0.2, 0.25) is 11.4 Å². The van der Waals surface area contributed by atoms with Crippen LogP contribution in [0.5, 0.6) is 11.6 Å². The maximum absolute atomic E-state index is 11.5. The van der Waals surface area contributed by atoms with E-state index in [1.165, 1.54) is 55.2 Å². The normalized spacial score (nSPS) is 19.4. The summed E-state index contributed by atoms with van der Waals surface area (Å²) < 4.78 is 12.6. The third-order valence-corrected chi connectivity index (χ3v) is 8.15. The standard InChI is InChI=1S/C29H36N4O3/c34-25-10-8-23-9-11-26(31-28(23)30-25)35-21-4-3-16-32-17-19-33(20-18-32)24-7-5-6-22-12-15-29(36-27(22)24)13-1-2-14-29/h5-11H,1-4,12-21H2,(H,30,31,34). The van der Waals surface area contributed by atoms with Crippen molar-refractivity contribution in [2.45, 2.75) is 57.0 Å². The van der Waals surface area contributed by atoms with E-state index in [0.717, 1.165) is 57.4 Å². The van der Waals surface area contributed by atoms with Crippen molar-refractivity contribution in [3.8, 4) is 11.6 Å². The van der Waals surface area contributed by atoms with Crippen molar-refractivity contribution in [3.63, 3.8) is 0 Å². The number of aromatic amines is 1. The molecule has 1 saturated carbocycles. The third-order valence-electron chi connectivity index (χ3n) is 8.15. The highest BCUT2D eigenvalue weighted by atomic mass is 16.5. The van der Waals surface area contributed by atoms with E-state index in [2.05, 4.69) is 38.0 Å². The molecule has 1 aliphatic carbocycles. The topological polar surface area (TPSA) is 70.7 Å². The van der Waals surface area contributed by atoms with Crippen molar-refractivity contribution in [2.75, 3.05) is 44.2 Å². The number of piperazine rings is 1. The average molecular weight is 489 g/mol. The highest BCUT2D eigenvalue weighted by Crippen LogP contribution is 2.46. The second-order valence-corrected chi connectivity index (χ2v) is 10.6. The van der Waals surface area contributed by atoms with Crippen LogP contribution < -0.4 is 19.9 Å². The summed E-state index contributed by atoms with van der Waals surface area (Å²) in [6, 6.07) is 13.8. The predicted octanol–water partition coefficient (Wildman–Crippen LogP) is 4.54. The van der Waals surface area contributed by atoms with Crippen molar-refractivity contribution in [1.82, 2.24) is 14.9 Å². The molecule has 36 heavy (non-hydrogen) atoms. The van der Waals surface area contributed by atoms with Crippen LogP contribution in [0.1, 0.15) is 50.5 Å². The van der Waals surface area contributed by atoms with Gasteiger partial charge in [-0.2, -0.15) is 4.98 Å². The van der Waals surface area contributed by atoms with Crippen LogP contribution in [-0.4, -0.2) is 59.8 Å². The Morgan fingerprint density at radius 3 is 2.67 bits per heavy atom. The highest BCUT2D eigenvalue weighted by molar-refractivity contribution is 5.74. The first-order valence-electron chi connectivity index (χ1n) is 13.6. The molecule has 190 valence electrons. The minimum atomic E-state index is -0.148. The Labute approximate surface area is 212 Å². The summed E-state index contributed by atoms with van der Waals surface area (Å²) in [6.07, 6.45) is 9.45. The lowest BCUT2D eigenvalue weighted by atomic mass is 9.89. The summed E-state index contributed by atoms with van der Waals surface area (Å²) in [5.74, 6) is 1.73. The van der Waals surface area contributed by atoms with E-state index in [0.29, 0.717) is 18.1 Å². The summed E-state index contributed by atoms with van der Waals surface area (Å²) >= 11 is 0. The zero-order valence-corrected chi connectivity index (χ0v) is 21.0. The van der Waals surface area contributed by atoms with Gasteiger partial charge in [-0.05, 0) is 81.7 Å². The highest BCUT2D eigenvalue weighted by Gasteiger charge is 2.40. The molecule has 7 heteroatoms. The molecule has 1 spiro atoms. The SMILES string of the molecule is O=c1ccc2ccc(OCCCCN3CCN(c4cccc5c4OC4(CCCC4)CC5)CC3)nc2[nH]1. The molecule has 3 aliphatic rings. The lowest BCUT2D eigenvalue weighted by molar-refractivity contribution is 0.0537. The Morgan fingerprint density at radius 2 is 1.81 bits per heavy atom. The fourth-order valence-corrected chi connectivity index (χ4v) is 6.05. The van der Waals surface area contributed by atoms with Crippen LogP contribution in [0, 0.1) is 0 Å². The first kappa shape index (κ1) is 23.3. The van der Waals surface area contributed by atoms with Gasteiger partial charge in [-0.25, -0.2) is 0 Å². The van der Waals surface area contributed by atoms with Crippen molar-refractivity contribution in [1.29, 1.82) is 0 Å². The van der Waals surface area contributed by atoms with Gasteiger partial charge in [0.15, 0.2) is 0 Å². The molecule has 0 atom stereocenters. The number of hydrogen-bond donors (Lipinski definition) is 1. The fraction of sp³-hybridized carbons (Fsp3) is 0.517. The second kappa shape index (κ2) is 10.1. The Morgan fingerprint density at radius 1 is 0.972 bits per heavy atom. The largest absolute Gasteiger partial charge is 0.485 e. The van der Waals surface area contributed by atoms with Gasteiger partial charge in [0.1, 0.15) is 17.0 Å². The molecule has 1 saturated heterocycles. The fourth-order valence-electron chi connectivity index (χ4n) is 6.05. The Balaban J connectivity index is 0.965. The smallest absolute Gasteiger partial charge is 0.249 e. The molecule has 0 unspecified atom stereocenters. The summed E-state index contributed by atoms with van der Waals surface area (Å²) in [7, 11) is 0. The molecule has 0 amide bonds. The Kier molecular flexibility index (Phi) is 6.57. The number of H-pyrrole nitrogens is 1. The van der Waals surface area contributed by atoms with E-state index in [-0.39, 0.29) is 11.2 Å². The molecule has 1 aromatic carbocycles. The molecule has 3 aromatic rings. The monoisotopic (exact) mass is 488 g/mol. The number of fused-ring (bicyclic) bond motifs is 2. The molecule has 4 heterocycles. The number of rotatable bonds is 7. The molecule has 0 radical (unpaired) electrons. The first-order valence-corrected chi connectivity index (χ1v) is 13.6. The molecule has 0 bridgehead atoms. The van der Waals surface area contributed by atoms with Gasteiger partial charge in [0, 0.05) is 43.7 Å². The van der Waals surface area contributed by atoms with E-state index < -0.39 is 0 Å². The lowest BCUT2D eigenvalue weighted by Gasteiger charge is -2.41. The van der Waals surface area contributed by atoms with Crippen molar-refractivity contribution in [3.05, 3.63) is 58.4 Å². The van der Waals surface area contributed by atoms with Crippen molar-refractivity contribution >= 4 is 16.7 Å². The second-order valence-electron chi connectivity index (χ2n) is 10.6. The van der Waals surface area contributed by atoms with E-state index in [1.807, 2.05) is 12.1 Å². The molecular formula is C29H36N4O3. The van der Waals surface area contributed by atoms with E-state index in [1.54, 1.807) is 6.07 Å². The van der Waals surface area contributed by atoms with Gasteiger partial charge in [-0.3, -0.25) is 9.69 Å². The van der Waals surface area contributed by atoms with Crippen LogP contribution in [-0.2, 0) is 6.42 Å². The molecule has 2 aromatic heterocycles. The van der Waals surface area contributed by atoms with Crippen LogP contribution in [0.25, 0.3) is 11.0 Å². The van der Waals surface area contributed by atoms with Crippen molar-refractivity contribution in [2.24, 2.45) is 0 Å². The van der Waals surface area contributed by atoms with Crippen LogP contribution in [0.2, 0.25) is 0 Å². The Bertz CT molecular complexity index is 1260. The van der Waals surface area contributed by atoms with Crippen LogP contribution in [0.4, 0.5) is 5.69 Å². The molecule has 2 fully saturated rings. The lowest BCUT2D eigenvalue weighted by Crippen LogP contribution is -2.47.